The standard InChI is InChI=1S/C18H28N5O13P/c1-8-5-23(18(29)20-16(8)28)12-4-9(21-22-19)11(35-12)7-34-37(30,31)33-3-2-32-17-15(27)14(26)13(25)10(6-24)36-17/h5,9-15,17,24-27H,2-4,6-7H2,1H3,(H,30,31)(H,20,28,29). The van der Waals surface area contributed by atoms with Crippen molar-refractivity contribution in [1.82, 2.24) is 9.55 Å². The molecule has 37 heavy (non-hydrogen) atoms. The minimum Gasteiger partial charge on any atom is -0.394 e. The number of hydrogen-bond donors (Lipinski definition) is 6. The number of nitrogens with one attached hydrogen (secondary N) is 1. The predicted molar refractivity (Wildman–Crippen MR) is 119 cm³/mol. The third-order valence-electron chi connectivity index (χ3n) is 5.73. The molecule has 9 atom stereocenters. The first-order valence-corrected chi connectivity index (χ1v) is 12.5. The molecule has 208 valence electrons. The van der Waals surface area contributed by atoms with Crippen LogP contribution in [-0.4, -0.2) is 104 Å². The van der Waals surface area contributed by atoms with Crippen molar-refractivity contribution in [3.63, 3.8) is 0 Å². The van der Waals surface area contributed by atoms with Gasteiger partial charge in [0, 0.05) is 23.1 Å². The van der Waals surface area contributed by atoms with Crippen LogP contribution in [0.4, 0.5) is 0 Å². The van der Waals surface area contributed by atoms with Gasteiger partial charge in [-0.05, 0) is 12.5 Å². The van der Waals surface area contributed by atoms with Gasteiger partial charge in [0.1, 0.15) is 30.6 Å². The molecule has 3 heterocycles. The number of phosphoric ester groups is 1. The van der Waals surface area contributed by atoms with E-state index < -0.39 is 94.6 Å². The summed E-state index contributed by atoms with van der Waals surface area (Å²) < 4.78 is 39.0. The van der Waals surface area contributed by atoms with Crippen LogP contribution in [0.5, 0.6) is 0 Å². The average Bonchev–Trinajstić information content (AvgIpc) is 3.25. The number of aliphatic hydroxyl groups excluding tert-OH is 4. The molecule has 0 aromatic carbocycles. The number of nitrogens with zero attached hydrogens (tertiary/aromatic N) is 4. The molecule has 1 aromatic rings. The summed E-state index contributed by atoms with van der Waals surface area (Å²) in [7, 11) is -4.67. The van der Waals surface area contributed by atoms with Crippen LogP contribution in [0.1, 0.15) is 18.2 Å². The molecule has 9 unspecified atom stereocenters. The highest BCUT2D eigenvalue weighted by Gasteiger charge is 2.44. The molecule has 0 amide bonds. The molecule has 1 aromatic heterocycles. The first-order valence-electron chi connectivity index (χ1n) is 11.0. The lowest BCUT2D eigenvalue weighted by molar-refractivity contribution is -0.301. The van der Waals surface area contributed by atoms with Crippen LogP contribution in [0.15, 0.2) is 20.9 Å². The van der Waals surface area contributed by atoms with Gasteiger partial charge in [0.15, 0.2) is 6.29 Å². The van der Waals surface area contributed by atoms with E-state index in [9.17, 15) is 34.4 Å². The summed E-state index contributed by atoms with van der Waals surface area (Å²) in [5.41, 5.74) is 7.74. The minimum absolute atomic E-state index is 0.0208. The van der Waals surface area contributed by atoms with Crippen molar-refractivity contribution in [2.75, 3.05) is 26.4 Å². The molecule has 2 aliphatic heterocycles. The Morgan fingerprint density at radius 1 is 1.19 bits per heavy atom. The van der Waals surface area contributed by atoms with Crippen molar-refractivity contribution < 1.29 is 53.1 Å². The van der Waals surface area contributed by atoms with Gasteiger partial charge in [-0.2, -0.15) is 0 Å². The monoisotopic (exact) mass is 553 g/mol. The van der Waals surface area contributed by atoms with E-state index in [1.165, 1.54) is 13.1 Å². The van der Waals surface area contributed by atoms with Crippen LogP contribution in [0.2, 0.25) is 0 Å². The quantitative estimate of drug-likeness (QED) is 0.0557. The maximum atomic E-state index is 12.2. The van der Waals surface area contributed by atoms with Crippen molar-refractivity contribution in [2.24, 2.45) is 5.11 Å². The second-order valence-corrected chi connectivity index (χ2v) is 9.73. The second kappa shape index (κ2) is 12.6. The summed E-state index contributed by atoms with van der Waals surface area (Å²) >= 11 is 0. The number of aryl methyl sites for hydroxylation is 1. The largest absolute Gasteiger partial charge is 0.472 e. The summed E-state index contributed by atoms with van der Waals surface area (Å²) in [6, 6.07) is -0.872. The Bertz CT molecular complexity index is 1140. The van der Waals surface area contributed by atoms with Crippen molar-refractivity contribution in [2.45, 2.75) is 62.4 Å². The molecule has 2 fully saturated rings. The summed E-state index contributed by atoms with van der Waals surface area (Å²) in [5.74, 6) is 0. The molecule has 3 rings (SSSR count). The lowest BCUT2D eigenvalue weighted by Gasteiger charge is -2.39. The van der Waals surface area contributed by atoms with Crippen LogP contribution < -0.4 is 11.2 Å². The number of H-pyrrole nitrogens is 1. The lowest BCUT2D eigenvalue weighted by Crippen LogP contribution is -2.59. The number of rotatable bonds is 11. The van der Waals surface area contributed by atoms with E-state index in [2.05, 4.69) is 15.0 Å². The Morgan fingerprint density at radius 3 is 2.59 bits per heavy atom. The highest BCUT2D eigenvalue weighted by atomic mass is 31.2. The first kappa shape index (κ1) is 29.4. The van der Waals surface area contributed by atoms with Gasteiger partial charge in [0.05, 0.1) is 38.6 Å². The number of aromatic nitrogens is 2. The highest BCUT2D eigenvalue weighted by Crippen LogP contribution is 2.44. The van der Waals surface area contributed by atoms with Crippen molar-refractivity contribution in [3.8, 4) is 0 Å². The summed E-state index contributed by atoms with van der Waals surface area (Å²) in [4.78, 5) is 38.5. The number of phosphoric acid groups is 1. The zero-order chi connectivity index (χ0) is 27.3. The van der Waals surface area contributed by atoms with Crippen molar-refractivity contribution >= 4 is 7.82 Å². The van der Waals surface area contributed by atoms with E-state index in [-0.39, 0.29) is 12.0 Å². The van der Waals surface area contributed by atoms with Gasteiger partial charge in [-0.25, -0.2) is 9.36 Å². The summed E-state index contributed by atoms with van der Waals surface area (Å²) in [6.45, 7) is -0.663. The van der Waals surface area contributed by atoms with E-state index in [1.54, 1.807) is 0 Å². The van der Waals surface area contributed by atoms with Crippen LogP contribution in [0.25, 0.3) is 10.4 Å². The van der Waals surface area contributed by atoms with E-state index in [1.807, 2.05) is 0 Å². The number of hydrogen-bond acceptors (Lipinski definition) is 13. The number of aromatic amines is 1. The van der Waals surface area contributed by atoms with Gasteiger partial charge in [0.25, 0.3) is 5.56 Å². The van der Waals surface area contributed by atoms with Crippen LogP contribution >= 0.6 is 7.82 Å². The maximum Gasteiger partial charge on any atom is 0.472 e. The lowest BCUT2D eigenvalue weighted by atomic mass is 9.99. The molecular weight excluding hydrogens is 525 g/mol. The fourth-order valence-electron chi connectivity index (χ4n) is 3.75. The van der Waals surface area contributed by atoms with Crippen LogP contribution in [0, 0.1) is 6.92 Å². The predicted octanol–water partition coefficient (Wildman–Crippen LogP) is -2.24. The maximum absolute atomic E-state index is 12.2. The molecule has 0 bridgehead atoms. The molecule has 0 spiro atoms. The molecule has 0 aliphatic carbocycles. The third-order valence-corrected chi connectivity index (χ3v) is 6.71. The van der Waals surface area contributed by atoms with E-state index in [0.717, 1.165) is 4.57 Å². The Hall–Kier alpha value is -2.18. The van der Waals surface area contributed by atoms with Crippen molar-refractivity contribution in [1.29, 1.82) is 0 Å². The minimum atomic E-state index is -4.67. The van der Waals surface area contributed by atoms with Gasteiger partial charge in [0.2, 0.25) is 0 Å². The number of azide groups is 1. The molecule has 2 aliphatic rings. The van der Waals surface area contributed by atoms with Crippen LogP contribution in [-0.2, 0) is 27.8 Å². The summed E-state index contributed by atoms with van der Waals surface area (Å²) in [6.07, 6.45) is -8.20. The second-order valence-electron chi connectivity index (χ2n) is 8.28. The molecule has 19 heteroatoms. The Kier molecular flexibility index (Phi) is 9.99. The average molecular weight is 553 g/mol. The van der Waals surface area contributed by atoms with E-state index in [4.69, 9.17) is 33.9 Å². The fraction of sp³-hybridized carbons (Fsp3) is 0.778. The third kappa shape index (κ3) is 7.23. The van der Waals surface area contributed by atoms with Gasteiger partial charge in [-0.3, -0.25) is 23.4 Å². The zero-order valence-corrected chi connectivity index (χ0v) is 20.4. The van der Waals surface area contributed by atoms with Gasteiger partial charge in [-0.15, -0.1) is 0 Å². The summed E-state index contributed by atoms with van der Waals surface area (Å²) in [5, 5.41) is 42.1. The Morgan fingerprint density at radius 2 is 1.92 bits per heavy atom. The smallest absolute Gasteiger partial charge is 0.394 e. The SMILES string of the molecule is Cc1cn(C2CC(N=[N+]=[N-])C(COP(=O)(O)OCCOC3OC(CO)C(O)C(O)C3O)O2)c(=O)[nH]c1=O. The number of aliphatic hydroxyl groups is 4. The molecule has 6 N–H and O–H groups in total. The van der Waals surface area contributed by atoms with Crippen molar-refractivity contribution in [3.05, 3.63) is 43.0 Å². The molecule has 2 saturated heterocycles. The Labute approximate surface area is 208 Å². The van der Waals surface area contributed by atoms with Crippen LogP contribution in [0.3, 0.4) is 0 Å². The molecule has 18 nitrogen and oxygen atoms in total. The van der Waals surface area contributed by atoms with Gasteiger partial charge >= 0.3 is 13.5 Å². The highest BCUT2D eigenvalue weighted by molar-refractivity contribution is 7.47. The molecular formula is C18H28N5O13P. The topological polar surface area (TPSA) is 268 Å². The molecule has 0 radical (unpaired) electrons. The Balaban J connectivity index is 1.51. The number of ether oxygens (including phenoxy) is 3. The zero-order valence-electron chi connectivity index (χ0n) is 19.5. The van der Waals surface area contributed by atoms with Gasteiger partial charge < -0.3 is 39.5 Å². The van der Waals surface area contributed by atoms with Gasteiger partial charge in [-0.1, -0.05) is 5.11 Å². The van der Waals surface area contributed by atoms with E-state index in [0.29, 0.717) is 0 Å². The molecule has 0 saturated carbocycles. The fourth-order valence-corrected chi connectivity index (χ4v) is 4.47. The normalized spacial score (nSPS) is 33.6. The first-order chi connectivity index (χ1) is 17.5. The van der Waals surface area contributed by atoms with E-state index >= 15 is 0 Å².